The minimum Gasteiger partial charge on any atom is -0.477 e. The largest absolute Gasteiger partial charge is 0.477 e. The Morgan fingerprint density at radius 3 is 3.00 bits per heavy atom. The second kappa shape index (κ2) is 10.4. The molecule has 3 aromatic heterocycles. The van der Waals surface area contributed by atoms with Crippen LogP contribution in [0.3, 0.4) is 0 Å². The van der Waals surface area contributed by atoms with Crippen LogP contribution in [0.25, 0.3) is 5.65 Å². The summed E-state index contributed by atoms with van der Waals surface area (Å²) in [5.74, 6) is -1.93. The zero-order valence-electron chi connectivity index (χ0n) is 19.0. The lowest BCUT2D eigenvalue weighted by atomic mass is 10.0. The van der Waals surface area contributed by atoms with E-state index in [1.165, 1.54) is 16.7 Å². The van der Waals surface area contributed by atoms with Gasteiger partial charge in [-0.05, 0) is 6.07 Å². The average Bonchev–Trinajstić information content (AvgIpc) is 3.50. The Balaban J connectivity index is 1.36. The molecule has 4 N–H and O–H groups in total. The number of aromatic nitrogens is 4. The summed E-state index contributed by atoms with van der Waals surface area (Å²) in [5.41, 5.74) is 6.98. The minimum absolute atomic E-state index is 0.0629. The molecule has 3 aromatic rings. The highest BCUT2D eigenvalue weighted by Crippen LogP contribution is 2.40. The predicted octanol–water partition coefficient (Wildman–Crippen LogP) is 0.0588. The van der Waals surface area contributed by atoms with Gasteiger partial charge in [0.1, 0.15) is 42.2 Å². The van der Waals surface area contributed by atoms with Crippen LogP contribution in [0, 0.1) is 0 Å². The number of carbonyl (C=O) groups is 3. The Hall–Kier alpha value is -3.69. The second-order valence-corrected chi connectivity index (χ2v) is 10.3. The lowest BCUT2D eigenvalue weighted by molar-refractivity contribution is -0.662. The van der Waals surface area contributed by atoms with Gasteiger partial charge in [0.15, 0.2) is 17.0 Å². The van der Waals surface area contributed by atoms with Gasteiger partial charge in [-0.15, -0.1) is 39.2 Å². The highest BCUT2D eigenvalue weighted by molar-refractivity contribution is 8.00. The lowest BCUT2D eigenvalue weighted by Gasteiger charge is -2.49. The number of nitrogens with two attached hydrogens (primary N) is 1. The highest BCUT2D eigenvalue weighted by atomic mass is 35.5. The van der Waals surface area contributed by atoms with Crippen LogP contribution in [0.5, 0.6) is 0 Å². The molecule has 13 nitrogen and oxygen atoms in total. The number of anilines is 1. The quantitative estimate of drug-likeness (QED) is 0.0813. The molecular formula is C21H20ClN8O5S2+. The second-order valence-electron chi connectivity index (χ2n) is 7.90. The molecule has 0 unspecified atom stereocenters. The first-order valence-electron chi connectivity index (χ1n) is 10.9. The molecule has 2 amide bonds. The van der Waals surface area contributed by atoms with Crippen LogP contribution in [0.4, 0.5) is 5.13 Å². The Labute approximate surface area is 222 Å². The van der Waals surface area contributed by atoms with Crippen molar-refractivity contribution >= 4 is 69.0 Å². The molecule has 0 spiro atoms. The van der Waals surface area contributed by atoms with Gasteiger partial charge in [-0.3, -0.25) is 14.5 Å². The van der Waals surface area contributed by atoms with Crippen LogP contribution in [0.2, 0.25) is 0 Å². The third-order valence-corrected chi connectivity index (χ3v) is 7.81. The van der Waals surface area contributed by atoms with Crippen molar-refractivity contribution in [1.82, 2.24) is 24.8 Å². The van der Waals surface area contributed by atoms with Gasteiger partial charge in [0.25, 0.3) is 11.8 Å². The molecule has 16 heteroatoms. The van der Waals surface area contributed by atoms with E-state index in [9.17, 15) is 19.5 Å². The van der Waals surface area contributed by atoms with Crippen LogP contribution in [-0.4, -0.2) is 77.8 Å². The van der Waals surface area contributed by atoms with E-state index in [4.69, 9.17) is 22.2 Å². The first-order chi connectivity index (χ1) is 17.9. The molecule has 192 valence electrons. The number of nitrogens with one attached hydrogen (secondary N) is 1. The van der Waals surface area contributed by atoms with Crippen molar-refractivity contribution < 1.29 is 28.9 Å². The van der Waals surface area contributed by atoms with E-state index in [2.05, 4.69) is 20.6 Å². The van der Waals surface area contributed by atoms with Gasteiger partial charge in [0, 0.05) is 22.8 Å². The molecule has 0 aromatic carbocycles. The number of nitrogen functional groups attached to an aromatic ring is 1. The van der Waals surface area contributed by atoms with Gasteiger partial charge in [0.05, 0.1) is 12.1 Å². The predicted molar refractivity (Wildman–Crippen MR) is 135 cm³/mol. The number of carboxylic acids is 1. The summed E-state index contributed by atoms with van der Waals surface area (Å²) in [4.78, 5) is 48.7. The number of β-lactam (4-membered cyclic amide) rings is 1. The van der Waals surface area contributed by atoms with Gasteiger partial charge in [-0.2, -0.15) is 0 Å². The minimum atomic E-state index is -1.21. The molecule has 2 aliphatic heterocycles. The van der Waals surface area contributed by atoms with Crippen molar-refractivity contribution in [2.45, 2.75) is 18.0 Å². The van der Waals surface area contributed by atoms with E-state index in [0.29, 0.717) is 11.3 Å². The summed E-state index contributed by atoms with van der Waals surface area (Å²) < 4.78 is 3.53. The number of rotatable bonds is 9. The monoisotopic (exact) mass is 563 g/mol. The first kappa shape index (κ1) is 25.0. The van der Waals surface area contributed by atoms with Crippen LogP contribution in [0.15, 0.2) is 52.5 Å². The van der Waals surface area contributed by atoms with Crippen LogP contribution in [0.1, 0.15) is 5.69 Å². The number of thioether (sulfide) groups is 1. The summed E-state index contributed by atoms with van der Waals surface area (Å²) in [7, 11) is 0. The molecule has 5 heterocycles. The number of hydrogen-bond acceptors (Lipinski definition) is 10. The van der Waals surface area contributed by atoms with E-state index in [1.54, 1.807) is 34.6 Å². The van der Waals surface area contributed by atoms with E-state index >= 15 is 0 Å². The summed E-state index contributed by atoms with van der Waals surface area (Å²) in [6.07, 6.45) is 5.21. The third kappa shape index (κ3) is 4.72. The number of fused-ring (bicyclic) bond motifs is 2. The number of nitrogens with zero attached hydrogens (tertiary/aromatic N) is 6. The maximum atomic E-state index is 13.1. The van der Waals surface area contributed by atoms with E-state index in [1.807, 2.05) is 10.6 Å². The number of alkyl halides is 1. The van der Waals surface area contributed by atoms with Crippen molar-refractivity contribution in [3.63, 3.8) is 0 Å². The van der Waals surface area contributed by atoms with Crippen molar-refractivity contribution in [1.29, 1.82) is 0 Å². The van der Waals surface area contributed by atoms with Crippen molar-refractivity contribution in [2.75, 3.05) is 24.0 Å². The SMILES string of the molecule is Nc1nc(/C(=N\OCCCl)C(=O)N[C@@H]2C(=O)N3C(C(=O)O)=C(C[n+]4ccn5ncccc54)CS[C@H]23)cs1. The summed E-state index contributed by atoms with van der Waals surface area (Å²) in [6, 6.07) is 2.70. The Morgan fingerprint density at radius 1 is 1.43 bits per heavy atom. The standard InChI is InChI=1S/C21H19ClN8O5S2/c22-3-7-35-27-14(12-10-37-21(23)25-12)17(31)26-15-18(32)30-16(20(33)34)11(9-36-19(15)30)8-28-5-6-29-13(28)2-1-4-24-29/h1-2,4-6,10,15,19H,3,7-9H2,(H3-,23,25,26,31,33,34)/p+1/b27-14+/t15-,19-/m1/s1. The Morgan fingerprint density at radius 2 is 2.27 bits per heavy atom. The van der Waals surface area contributed by atoms with E-state index in [0.717, 1.165) is 17.0 Å². The van der Waals surface area contributed by atoms with Gasteiger partial charge in [-0.25, -0.2) is 14.3 Å². The fraction of sp³-hybridized carbons (Fsp3) is 0.286. The number of oxime groups is 1. The summed E-state index contributed by atoms with van der Waals surface area (Å²) in [6.45, 7) is 0.331. The molecule has 37 heavy (non-hydrogen) atoms. The number of thiazole rings is 1. The number of imidazole rings is 1. The van der Waals surface area contributed by atoms with Crippen LogP contribution in [-0.2, 0) is 25.8 Å². The lowest BCUT2D eigenvalue weighted by Crippen LogP contribution is -2.71. The number of carbonyl (C=O) groups excluding carboxylic acids is 2. The Kier molecular flexibility index (Phi) is 6.99. The van der Waals surface area contributed by atoms with E-state index in [-0.39, 0.29) is 41.3 Å². The molecule has 2 atom stereocenters. The van der Waals surface area contributed by atoms with Crippen molar-refractivity contribution in [3.05, 3.63) is 53.1 Å². The van der Waals surface area contributed by atoms with Gasteiger partial charge in [-0.1, -0.05) is 10.3 Å². The zero-order chi connectivity index (χ0) is 26.1. The van der Waals surface area contributed by atoms with Gasteiger partial charge in [0.2, 0.25) is 0 Å². The third-order valence-electron chi connectivity index (χ3n) is 5.64. The number of hydrogen-bond donors (Lipinski definition) is 3. The first-order valence-corrected chi connectivity index (χ1v) is 13.3. The molecule has 5 rings (SSSR count). The molecule has 0 radical (unpaired) electrons. The zero-order valence-corrected chi connectivity index (χ0v) is 21.4. The topological polar surface area (TPSA) is 168 Å². The maximum Gasteiger partial charge on any atom is 0.352 e. The van der Waals surface area contributed by atoms with Crippen molar-refractivity contribution in [3.8, 4) is 0 Å². The smallest absolute Gasteiger partial charge is 0.352 e. The molecule has 0 aliphatic carbocycles. The Bertz CT molecular complexity index is 1450. The molecule has 1 saturated heterocycles. The fourth-order valence-electron chi connectivity index (χ4n) is 4.04. The molecule has 2 aliphatic rings. The van der Waals surface area contributed by atoms with Crippen molar-refractivity contribution in [2.24, 2.45) is 5.16 Å². The van der Waals surface area contributed by atoms with Crippen LogP contribution < -0.4 is 15.6 Å². The summed E-state index contributed by atoms with van der Waals surface area (Å²) in [5, 5.41) is 21.8. The fourth-order valence-corrected chi connectivity index (χ4v) is 5.99. The number of aliphatic carboxylic acids is 1. The number of amides is 2. The normalized spacial score (nSPS) is 19.5. The molecule has 1 fully saturated rings. The molecular weight excluding hydrogens is 544 g/mol. The highest BCUT2D eigenvalue weighted by Gasteiger charge is 2.54. The number of carboxylic acid groups (broad SMARTS) is 1. The van der Waals surface area contributed by atoms with Gasteiger partial charge >= 0.3 is 11.6 Å². The van der Waals surface area contributed by atoms with Gasteiger partial charge < -0.3 is 21.0 Å². The maximum absolute atomic E-state index is 13.1. The van der Waals surface area contributed by atoms with Crippen LogP contribution >= 0.6 is 34.7 Å². The number of halogens is 1. The molecule has 0 bridgehead atoms. The molecule has 0 saturated carbocycles. The average molecular weight is 564 g/mol. The van der Waals surface area contributed by atoms with E-state index < -0.39 is 29.2 Å². The summed E-state index contributed by atoms with van der Waals surface area (Å²) >= 11 is 8.10.